The molecule has 0 amide bonds. The average Bonchev–Trinajstić information content (AvgIpc) is 2.45. The third-order valence-electron chi connectivity index (χ3n) is 3.37. The van der Waals surface area contributed by atoms with E-state index in [-0.39, 0.29) is 0 Å². The van der Waals surface area contributed by atoms with Gasteiger partial charge in [-0.3, -0.25) is 0 Å². The van der Waals surface area contributed by atoms with E-state index >= 15 is 0 Å². The largest absolute Gasteiger partial charge is 0.384 e. The van der Waals surface area contributed by atoms with Crippen LogP contribution in [0.2, 0.25) is 5.02 Å². The van der Waals surface area contributed by atoms with Crippen LogP contribution in [0.5, 0.6) is 0 Å². The normalized spacial score (nSPS) is 10.6. The lowest BCUT2D eigenvalue weighted by Gasteiger charge is -2.13. The van der Waals surface area contributed by atoms with Crippen LogP contribution in [0.4, 0.5) is 5.69 Å². The smallest absolute Gasteiger partial charge is 0.0503 e. The van der Waals surface area contributed by atoms with E-state index in [0.717, 1.165) is 24.6 Å². The maximum absolute atomic E-state index is 5.98. The van der Waals surface area contributed by atoms with Gasteiger partial charge in [0.25, 0.3) is 0 Å². The number of halogens is 1. The summed E-state index contributed by atoms with van der Waals surface area (Å²) in [5.74, 6) is 0. The van der Waals surface area contributed by atoms with Crippen LogP contribution in [0.1, 0.15) is 16.7 Å². The molecule has 2 nitrogen and oxygen atoms in total. The number of para-hydroxylation sites is 1. The zero-order valence-corrected chi connectivity index (χ0v) is 12.7. The monoisotopic (exact) mass is 289 g/mol. The minimum atomic E-state index is 0.735. The predicted molar refractivity (Wildman–Crippen MR) is 85.5 cm³/mol. The number of ether oxygens (including phenoxy) is 1. The van der Waals surface area contributed by atoms with Crippen molar-refractivity contribution in [1.82, 2.24) is 0 Å². The molecule has 0 atom stereocenters. The van der Waals surface area contributed by atoms with Gasteiger partial charge in [-0.1, -0.05) is 35.9 Å². The summed E-state index contributed by atoms with van der Waals surface area (Å²) in [6, 6.07) is 14.4. The van der Waals surface area contributed by atoms with Crippen molar-refractivity contribution in [1.29, 1.82) is 0 Å². The van der Waals surface area contributed by atoms with Gasteiger partial charge in [-0.05, 0) is 48.2 Å². The lowest BCUT2D eigenvalue weighted by molar-refractivity contribution is 0.202. The molecule has 2 rings (SSSR count). The maximum Gasteiger partial charge on any atom is 0.0503 e. The number of rotatable bonds is 6. The van der Waals surface area contributed by atoms with E-state index in [1.165, 1.54) is 22.4 Å². The molecule has 106 valence electrons. The first kappa shape index (κ1) is 14.9. The summed E-state index contributed by atoms with van der Waals surface area (Å²) in [5.41, 5.74) is 4.91. The molecule has 0 bridgehead atoms. The molecule has 0 fully saturated rings. The Bertz CT molecular complexity index is 569. The van der Waals surface area contributed by atoms with Crippen molar-refractivity contribution in [3.8, 4) is 0 Å². The summed E-state index contributed by atoms with van der Waals surface area (Å²) in [5, 5.41) is 4.28. The predicted octanol–water partition coefficient (Wildman–Crippen LogP) is 4.45. The highest BCUT2D eigenvalue weighted by molar-refractivity contribution is 6.30. The van der Waals surface area contributed by atoms with Crippen LogP contribution in [-0.4, -0.2) is 13.7 Å². The molecule has 0 heterocycles. The van der Waals surface area contributed by atoms with Crippen molar-refractivity contribution in [2.75, 3.05) is 19.0 Å². The van der Waals surface area contributed by atoms with Gasteiger partial charge in [-0.2, -0.15) is 0 Å². The maximum atomic E-state index is 5.98. The van der Waals surface area contributed by atoms with E-state index in [2.05, 4.69) is 36.5 Å². The van der Waals surface area contributed by atoms with Crippen LogP contribution >= 0.6 is 11.6 Å². The lowest BCUT2D eigenvalue weighted by atomic mass is 10.1. The van der Waals surface area contributed by atoms with Crippen LogP contribution < -0.4 is 5.32 Å². The summed E-state index contributed by atoms with van der Waals surface area (Å²) in [4.78, 5) is 0. The van der Waals surface area contributed by atoms with Gasteiger partial charge < -0.3 is 10.1 Å². The number of nitrogens with one attached hydrogen (secondary N) is 1. The second-order valence-corrected chi connectivity index (χ2v) is 5.26. The molecule has 0 aliphatic carbocycles. The van der Waals surface area contributed by atoms with Gasteiger partial charge in [0.1, 0.15) is 0 Å². The van der Waals surface area contributed by atoms with E-state index in [1.807, 2.05) is 18.2 Å². The molecule has 2 aromatic carbocycles. The lowest BCUT2D eigenvalue weighted by Crippen LogP contribution is -2.05. The molecule has 0 saturated carbocycles. The second-order valence-electron chi connectivity index (χ2n) is 4.82. The number of methoxy groups -OCH3 is 1. The molecule has 0 aromatic heterocycles. The summed E-state index contributed by atoms with van der Waals surface area (Å²) < 4.78 is 5.15. The third kappa shape index (κ3) is 3.99. The van der Waals surface area contributed by atoms with E-state index < -0.39 is 0 Å². The van der Waals surface area contributed by atoms with Crippen LogP contribution in [-0.2, 0) is 17.7 Å². The Hall–Kier alpha value is -1.51. The van der Waals surface area contributed by atoms with E-state index in [1.54, 1.807) is 7.11 Å². The molecule has 0 aliphatic heterocycles. The fourth-order valence-corrected chi connectivity index (χ4v) is 2.40. The molecule has 20 heavy (non-hydrogen) atoms. The summed E-state index contributed by atoms with van der Waals surface area (Å²) in [7, 11) is 1.73. The molecule has 2 aromatic rings. The van der Waals surface area contributed by atoms with Crippen LogP contribution in [0.3, 0.4) is 0 Å². The first-order valence-corrected chi connectivity index (χ1v) is 7.14. The van der Waals surface area contributed by atoms with Crippen LogP contribution in [0, 0.1) is 6.92 Å². The Kier molecular flexibility index (Phi) is 5.45. The van der Waals surface area contributed by atoms with Gasteiger partial charge >= 0.3 is 0 Å². The Morgan fingerprint density at radius 3 is 2.65 bits per heavy atom. The molecular formula is C17H20ClNO. The molecule has 0 radical (unpaired) electrons. The highest BCUT2D eigenvalue weighted by atomic mass is 35.5. The van der Waals surface area contributed by atoms with Crippen molar-refractivity contribution >= 4 is 17.3 Å². The molecule has 0 saturated heterocycles. The minimum absolute atomic E-state index is 0.735. The zero-order valence-electron chi connectivity index (χ0n) is 11.9. The molecule has 0 aliphatic rings. The standard InChI is InChI=1S/C17H20ClNO/c1-13-11-16(18)8-7-15(13)12-19-17-6-4-3-5-14(17)9-10-20-2/h3-8,11,19H,9-10,12H2,1-2H3. The summed E-state index contributed by atoms with van der Waals surface area (Å²) in [6.07, 6.45) is 0.916. The van der Waals surface area contributed by atoms with Gasteiger partial charge in [0, 0.05) is 24.4 Å². The third-order valence-corrected chi connectivity index (χ3v) is 3.60. The Morgan fingerprint density at radius 2 is 1.90 bits per heavy atom. The SMILES string of the molecule is COCCc1ccccc1NCc1ccc(Cl)cc1C. The van der Waals surface area contributed by atoms with Crippen molar-refractivity contribution < 1.29 is 4.74 Å². The van der Waals surface area contributed by atoms with Crippen molar-refractivity contribution in [3.63, 3.8) is 0 Å². The Labute approximate surface area is 125 Å². The fraction of sp³-hybridized carbons (Fsp3) is 0.294. The van der Waals surface area contributed by atoms with Gasteiger partial charge in [-0.15, -0.1) is 0 Å². The average molecular weight is 290 g/mol. The number of hydrogen-bond donors (Lipinski definition) is 1. The molecule has 3 heteroatoms. The van der Waals surface area contributed by atoms with Crippen molar-refractivity contribution in [3.05, 3.63) is 64.2 Å². The number of anilines is 1. The van der Waals surface area contributed by atoms with Gasteiger partial charge in [0.05, 0.1) is 6.61 Å². The molecule has 0 unspecified atom stereocenters. The number of benzene rings is 2. The number of hydrogen-bond acceptors (Lipinski definition) is 2. The number of aryl methyl sites for hydroxylation is 1. The second kappa shape index (κ2) is 7.32. The molecular weight excluding hydrogens is 270 g/mol. The van der Waals surface area contributed by atoms with Crippen molar-refractivity contribution in [2.24, 2.45) is 0 Å². The van der Waals surface area contributed by atoms with E-state index in [4.69, 9.17) is 16.3 Å². The topological polar surface area (TPSA) is 21.3 Å². The minimum Gasteiger partial charge on any atom is -0.384 e. The van der Waals surface area contributed by atoms with Crippen LogP contribution in [0.25, 0.3) is 0 Å². The van der Waals surface area contributed by atoms with Gasteiger partial charge in [-0.25, -0.2) is 0 Å². The van der Waals surface area contributed by atoms with E-state index in [0.29, 0.717) is 0 Å². The Balaban J connectivity index is 2.06. The first-order valence-electron chi connectivity index (χ1n) is 6.76. The first-order chi connectivity index (χ1) is 9.70. The molecule has 0 spiro atoms. The van der Waals surface area contributed by atoms with Crippen LogP contribution in [0.15, 0.2) is 42.5 Å². The van der Waals surface area contributed by atoms with Gasteiger partial charge in [0.2, 0.25) is 0 Å². The quantitative estimate of drug-likeness (QED) is 0.848. The van der Waals surface area contributed by atoms with E-state index in [9.17, 15) is 0 Å². The Morgan fingerprint density at radius 1 is 1.10 bits per heavy atom. The highest BCUT2D eigenvalue weighted by Crippen LogP contribution is 2.19. The fourth-order valence-electron chi connectivity index (χ4n) is 2.17. The summed E-state index contributed by atoms with van der Waals surface area (Å²) >= 11 is 5.98. The molecule has 1 N–H and O–H groups in total. The van der Waals surface area contributed by atoms with Crippen molar-refractivity contribution in [2.45, 2.75) is 19.9 Å². The highest BCUT2D eigenvalue weighted by Gasteiger charge is 2.03. The zero-order chi connectivity index (χ0) is 14.4. The van der Waals surface area contributed by atoms with Gasteiger partial charge in [0.15, 0.2) is 0 Å². The summed E-state index contributed by atoms with van der Waals surface area (Å²) in [6.45, 7) is 3.62.